The Bertz CT molecular complexity index is 805. The first kappa shape index (κ1) is 17.8. The molecule has 0 fully saturated rings. The Labute approximate surface area is 159 Å². The lowest BCUT2D eigenvalue weighted by Crippen LogP contribution is -2.37. The fraction of sp³-hybridized carbons (Fsp3) is 0.211. The molecule has 0 atom stereocenters. The largest absolute Gasteiger partial charge is 0.508 e. The first-order chi connectivity index (χ1) is 12.0. The second kappa shape index (κ2) is 7.93. The molecule has 2 aromatic rings. The van der Waals surface area contributed by atoms with Gasteiger partial charge in [-0.2, -0.15) is 0 Å². The van der Waals surface area contributed by atoms with Gasteiger partial charge in [0.25, 0.3) is 5.91 Å². The molecule has 0 spiro atoms. The van der Waals surface area contributed by atoms with Gasteiger partial charge in [-0.15, -0.1) is 0 Å². The van der Waals surface area contributed by atoms with Gasteiger partial charge >= 0.3 is 0 Å². The van der Waals surface area contributed by atoms with E-state index in [9.17, 15) is 9.90 Å². The van der Waals surface area contributed by atoms with E-state index in [1.807, 2.05) is 24.3 Å². The van der Waals surface area contributed by atoms with Crippen LogP contribution >= 0.6 is 27.5 Å². The van der Waals surface area contributed by atoms with Crippen molar-refractivity contribution < 1.29 is 14.6 Å². The highest BCUT2D eigenvalue weighted by molar-refractivity contribution is 9.10. The molecule has 0 radical (unpaired) electrons. The Balaban J connectivity index is 1.56. The van der Waals surface area contributed by atoms with Crippen LogP contribution in [0.3, 0.4) is 0 Å². The minimum absolute atomic E-state index is 0.0380. The number of carbonyl (C=O) groups excluding carboxylic acids is 1. The Kier molecular flexibility index (Phi) is 5.66. The van der Waals surface area contributed by atoms with Gasteiger partial charge in [0.05, 0.1) is 5.02 Å². The summed E-state index contributed by atoms with van der Waals surface area (Å²) in [5, 5.41) is 9.83. The highest BCUT2D eigenvalue weighted by Gasteiger charge is 2.18. The number of phenols is 1. The van der Waals surface area contributed by atoms with E-state index >= 15 is 0 Å². The fourth-order valence-corrected chi connectivity index (χ4v) is 3.38. The average molecular weight is 423 g/mol. The molecule has 0 saturated heterocycles. The van der Waals surface area contributed by atoms with Crippen LogP contribution in [0.4, 0.5) is 0 Å². The number of nitrogens with zero attached hydrogens (tertiary/aromatic N) is 1. The molecule has 0 aromatic heterocycles. The zero-order valence-corrected chi connectivity index (χ0v) is 15.8. The van der Waals surface area contributed by atoms with Crippen molar-refractivity contribution in [3.05, 3.63) is 63.6 Å². The van der Waals surface area contributed by atoms with E-state index < -0.39 is 0 Å². The predicted molar refractivity (Wildman–Crippen MR) is 102 cm³/mol. The Morgan fingerprint density at radius 2 is 2.00 bits per heavy atom. The van der Waals surface area contributed by atoms with Crippen molar-refractivity contribution in [1.29, 1.82) is 0 Å². The lowest BCUT2D eigenvalue weighted by molar-refractivity contribution is -0.132. The summed E-state index contributed by atoms with van der Waals surface area (Å²) in [6.45, 7) is 1.15. The Morgan fingerprint density at radius 1 is 1.24 bits per heavy atom. The van der Waals surface area contributed by atoms with Crippen LogP contribution in [-0.4, -0.2) is 35.6 Å². The monoisotopic (exact) mass is 421 g/mol. The zero-order chi connectivity index (χ0) is 17.8. The second-order valence-corrected chi connectivity index (χ2v) is 7.05. The summed E-state index contributed by atoms with van der Waals surface area (Å²) < 4.78 is 6.40. The number of hydrogen-bond acceptors (Lipinski definition) is 3. The van der Waals surface area contributed by atoms with Gasteiger partial charge in [0.15, 0.2) is 6.61 Å². The summed E-state index contributed by atoms with van der Waals surface area (Å²) in [5.74, 6) is 0.677. The molecule has 2 aromatic carbocycles. The van der Waals surface area contributed by atoms with Crippen LogP contribution in [0, 0.1) is 0 Å². The Morgan fingerprint density at radius 3 is 2.64 bits per heavy atom. The van der Waals surface area contributed by atoms with Crippen molar-refractivity contribution >= 4 is 39.0 Å². The smallest absolute Gasteiger partial charge is 0.260 e. The van der Waals surface area contributed by atoms with Gasteiger partial charge < -0.3 is 14.7 Å². The number of hydrogen-bond donors (Lipinski definition) is 1. The number of rotatable bonds is 4. The minimum atomic E-state index is -0.0695. The molecule has 4 nitrogen and oxygen atoms in total. The van der Waals surface area contributed by atoms with E-state index in [2.05, 4.69) is 15.9 Å². The number of carbonyl (C=O) groups is 1. The lowest BCUT2D eigenvalue weighted by atomic mass is 9.99. The van der Waals surface area contributed by atoms with Crippen molar-refractivity contribution in [2.45, 2.75) is 6.42 Å². The van der Waals surface area contributed by atoms with Crippen LogP contribution in [0.5, 0.6) is 11.5 Å². The van der Waals surface area contributed by atoms with Crippen molar-refractivity contribution in [1.82, 2.24) is 4.90 Å². The van der Waals surface area contributed by atoms with E-state index in [1.165, 1.54) is 5.57 Å². The molecule has 0 aliphatic carbocycles. The standard InChI is InChI=1S/C19H17BrClNO3/c20-15-3-6-18(17(21)11-15)25-12-19(24)22-9-7-14(8-10-22)13-1-4-16(23)5-2-13/h1-7,11,23H,8-10,12H2. The van der Waals surface area contributed by atoms with Gasteiger partial charge in [0, 0.05) is 17.6 Å². The molecule has 1 amide bonds. The van der Waals surface area contributed by atoms with Gasteiger partial charge in [-0.05, 0) is 47.9 Å². The summed E-state index contributed by atoms with van der Waals surface area (Å²) in [4.78, 5) is 14.1. The van der Waals surface area contributed by atoms with Crippen LogP contribution in [0.25, 0.3) is 5.57 Å². The number of amides is 1. The summed E-state index contributed by atoms with van der Waals surface area (Å²) in [6.07, 6.45) is 2.82. The molecule has 0 bridgehead atoms. The van der Waals surface area contributed by atoms with Crippen molar-refractivity contribution in [3.8, 4) is 11.5 Å². The summed E-state index contributed by atoms with van der Waals surface area (Å²) in [7, 11) is 0. The second-order valence-electron chi connectivity index (χ2n) is 5.73. The predicted octanol–water partition coefficient (Wildman–Crippen LogP) is 4.50. The lowest BCUT2D eigenvalue weighted by Gasteiger charge is -2.26. The molecule has 1 heterocycles. The maximum atomic E-state index is 12.3. The molecular formula is C19H17BrClNO3. The molecule has 6 heteroatoms. The van der Waals surface area contributed by atoms with Gasteiger partial charge in [-0.25, -0.2) is 0 Å². The van der Waals surface area contributed by atoms with Crippen molar-refractivity contribution in [2.24, 2.45) is 0 Å². The van der Waals surface area contributed by atoms with Gasteiger partial charge in [0.2, 0.25) is 0 Å². The summed E-state index contributed by atoms with van der Waals surface area (Å²) in [6, 6.07) is 12.4. The molecule has 1 aliphatic heterocycles. The van der Waals surface area contributed by atoms with Crippen LogP contribution < -0.4 is 4.74 Å². The highest BCUT2D eigenvalue weighted by Crippen LogP contribution is 2.28. The van der Waals surface area contributed by atoms with Crippen LogP contribution in [0.2, 0.25) is 5.02 Å². The number of halogens is 2. The topological polar surface area (TPSA) is 49.8 Å². The molecular weight excluding hydrogens is 406 g/mol. The Hall–Kier alpha value is -1.98. The summed E-state index contributed by atoms with van der Waals surface area (Å²) >= 11 is 9.42. The first-order valence-corrected chi connectivity index (χ1v) is 9.04. The first-order valence-electron chi connectivity index (χ1n) is 7.87. The molecule has 0 saturated carbocycles. The SMILES string of the molecule is O=C(COc1ccc(Br)cc1Cl)N1CC=C(c2ccc(O)cc2)CC1. The normalized spacial score (nSPS) is 14.2. The third-order valence-electron chi connectivity index (χ3n) is 4.05. The van der Waals surface area contributed by atoms with Gasteiger partial charge in [-0.1, -0.05) is 45.7 Å². The number of aromatic hydroxyl groups is 1. The maximum absolute atomic E-state index is 12.3. The highest BCUT2D eigenvalue weighted by atomic mass is 79.9. The van der Waals surface area contributed by atoms with E-state index in [1.54, 1.807) is 29.2 Å². The van der Waals surface area contributed by atoms with E-state index in [4.69, 9.17) is 16.3 Å². The number of ether oxygens (including phenoxy) is 1. The molecule has 25 heavy (non-hydrogen) atoms. The molecule has 3 rings (SSSR count). The number of phenolic OH excluding ortho intramolecular Hbond substituents is 1. The van der Waals surface area contributed by atoms with Crippen LogP contribution in [0.15, 0.2) is 53.0 Å². The fourth-order valence-electron chi connectivity index (χ4n) is 2.66. The third-order valence-corrected chi connectivity index (χ3v) is 4.83. The van der Waals surface area contributed by atoms with E-state index in [0.29, 0.717) is 23.9 Å². The maximum Gasteiger partial charge on any atom is 0.260 e. The van der Waals surface area contributed by atoms with Crippen molar-refractivity contribution in [2.75, 3.05) is 19.7 Å². The van der Waals surface area contributed by atoms with Gasteiger partial charge in [0.1, 0.15) is 11.5 Å². The molecule has 0 unspecified atom stereocenters. The van der Waals surface area contributed by atoms with E-state index in [-0.39, 0.29) is 18.3 Å². The number of benzene rings is 2. The van der Waals surface area contributed by atoms with E-state index in [0.717, 1.165) is 16.5 Å². The zero-order valence-electron chi connectivity index (χ0n) is 13.4. The van der Waals surface area contributed by atoms with Crippen LogP contribution in [0.1, 0.15) is 12.0 Å². The minimum Gasteiger partial charge on any atom is -0.508 e. The quantitative estimate of drug-likeness (QED) is 0.789. The average Bonchev–Trinajstić information content (AvgIpc) is 2.61. The van der Waals surface area contributed by atoms with Gasteiger partial charge in [-0.3, -0.25) is 4.79 Å². The third kappa shape index (κ3) is 4.55. The molecule has 1 N–H and O–H groups in total. The molecule has 1 aliphatic rings. The van der Waals surface area contributed by atoms with Crippen LogP contribution in [-0.2, 0) is 4.79 Å². The van der Waals surface area contributed by atoms with Crippen molar-refractivity contribution in [3.63, 3.8) is 0 Å². The summed E-state index contributed by atoms with van der Waals surface area (Å²) in [5.41, 5.74) is 2.25. The molecule has 130 valence electrons.